The van der Waals surface area contributed by atoms with Crippen LogP contribution in [0.2, 0.25) is 0 Å². The molecule has 0 amide bonds. The summed E-state index contributed by atoms with van der Waals surface area (Å²) in [4.78, 5) is 4.67. The van der Waals surface area contributed by atoms with E-state index < -0.39 is 10.0 Å². The van der Waals surface area contributed by atoms with E-state index in [1.165, 1.54) is 0 Å². The second kappa shape index (κ2) is 10.2. The Kier molecular flexibility index (Phi) is 6.66. The Bertz CT molecular complexity index is 1630. The molecular weight excluding hydrogens is 484 g/mol. The van der Waals surface area contributed by atoms with Gasteiger partial charge in [0.2, 0.25) is 5.95 Å². The van der Waals surface area contributed by atoms with E-state index in [9.17, 15) is 8.42 Å². The predicted octanol–water partition coefficient (Wildman–Crippen LogP) is 5.66. The van der Waals surface area contributed by atoms with Crippen molar-refractivity contribution in [3.63, 3.8) is 0 Å². The Labute approximate surface area is 216 Å². The van der Waals surface area contributed by atoms with E-state index in [4.69, 9.17) is 10.5 Å². The molecule has 0 spiro atoms. The Balaban J connectivity index is 1.35. The normalized spacial score (nSPS) is 11.3. The van der Waals surface area contributed by atoms with Crippen LogP contribution in [0.25, 0.3) is 22.4 Å². The molecule has 0 bridgehead atoms. The molecule has 8 heteroatoms. The molecule has 0 fully saturated rings. The van der Waals surface area contributed by atoms with Gasteiger partial charge in [-0.2, -0.15) is 0 Å². The molecule has 5 rings (SSSR count). The minimum absolute atomic E-state index is 0.183. The number of nitrogens with zero attached hydrogens (tertiary/aromatic N) is 2. The number of methoxy groups -OCH3 is 1. The SMILES string of the molecule is COc1ccccc1Cn1cc(-c2cccc(NS(=O)(=O)c3ccc(-c4ccccc4)cc3)c2)nc1N. The fraction of sp³-hybridized carbons (Fsp3) is 0.0690. The lowest BCUT2D eigenvalue weighted by Gasteiger charge is -2.10. The van der Waals surface area contributed by atoms with Gasteiger partial charge < -0.3 is 15.0 Å². The Morgan fingerprint density at radius 2 is 1.51 bits per heavy atom. The smallest absolute Gasteiger partial charge is 0.261 e. The maximum atomic E-state index is 13.1. The predicted molar refractivity (Wildman–Crippen MR) is 147 cm³/mol. The van der Waals surface area contributed by atoms with Gasteiger partial charge in [0, 0.05) is 23.0 Å². The number of ether oxygens (including phenoxy) is 1. The number of nitrogen functional groups attached to an aromatic ring is 1. The summed E-state index contributed by atoms with van der Waals surface area (Å²) < 4.78 is 36.1. The van der Waals surface area contributed by atoms with Crippen molar-refractivity contribution in [3.8, 4) is 28.1 Å². The third kappa shape index (κ3) is 5.34. The highest BCUT2D eigenvalue weighted by molar-refractivity contribution is 7.92. The molecular formula is C29H26N4O3S. The van der Waals surface area contributed by atoms with E-state index in [0.717, 1.165) is 28.0 Å². The zero-order chi connectivity index (χ0) is 25.8. The number of hydrogen-bond acceptors (Lipinski definition) is 5. The molecule has 0 aliphatic heterocycles. The average Bonchev–Trinajstić information content (AvgIpc) is 3.29. The van der Waals surface area contributed by atoms with E-state index >= 15 is 0 Å². The molecule has 0 aliphatic rings. The summed E-state index contributed by atoms with van der Waals surface area (Å²) >= 11 is 0. The number of para-hydroxylation sites is 1. The van der Waals surface area contributed by atoms with Crippen molar-refractivity contribution in [1.82, 2.24) is 9.55 Å². The van der Waals surface area contributed by atoms with Gasteiger partial charge in [-0.15, -0.1) is 0 Å². The molecule has 37 heavy (non-hydrogen) atoms. The third-order valence-electron chi connectivity index (χ3n) is 6.02. The largest absolute Gasteiger partial charge is 0.496 e. The number of anilines is 2. The average molecular weight is 511 g/mol. The molecule has 1 aromatic heterocycles. The fourth-order valence-corrected chi connectivity index (χ4v) is 5.18. The van der Waals surface area contributed by atoms with Crippen molar-refractivity contribution < 1.29 is 13.2 Å². The molecule has 3 N–H and O–H groups in total. The molecule has 0 radical (unpaired) electrons. The summed E-state index contributed by atoms with van der Waals surface area (Å²) in [5.41, 5.74) is 10.9. The van der Waals surface area contributed by atoms with Gasteiger partial charge in [-0.3, -0.25) is 4.72 Å². The zero-order valence-electron chi connectivity index (χ0n) is 20.2. The molecule has 0 saturated carbocycles. The lowest BCUT2D eigenvalue weighted by Crippen LogP contribution is -2.12. The molecule has 7 nitrogen and oxygen atoms in total. The van der Waals surface area contributed by atoms with Gasteiger partial charge in [-0.25, -0.2) is 13.4 Å². The Morgan fingerprint density at radius 3 is 2.27 bits per heavy atom. The minimum atomic E-state index is -3.78. The van der Waals surface area contributed by atoms with Gasteiger partial charge >= 0.3 is 0 Å². The quantitative estimate of drug-likeness (QED) is 0.281. The Hall–Kier alpha value is -4.56. The van der Waals surface area contributed by atoms with Crippen LogP contribution in [0.15, 0.2) is 114 Å². The highest BCUT2D eigenvalue weighted by Gasteiger charge is 2.16. The van der Waals surface area contributed by atoms with Crippen molar-refractivity contribution in [2.45, 2.75) is 11.4 Å². The highest BCUT2D eigenvalue weighted by Crippen LogP contribution is 2.27. The van der Waals surface area contributed by atoms with E-state index in [1.54, 1.807) is 49.6 Å². The number of benzene rings is 4. The van der Waals surface area contributed by atoms with Crippen molar-refractivity contribution in [1.29, 1.82) is 0 Å². The molecule has 0 unspecified atom stereocenters. The molecule has 1 heterocycles. The molecule has 0 aliphatic carbocycles. The van der Waals surface area contributed by atoms with Gasteiger partial charge in [0.1, 0.15) is 5.75 Å². The van der Waals surface area contributed by atoms with Crippen LogP contribution in [0.3, 0.4) is 0 Å². The summed E-state index contributed by atoms with van der Waals surface area (Å²) in [6.45, 7) is 0.494. The molecule has 186 valence electrons. The summed E-state index contributed by atoms with van der Waals surface area (Å²) in [6, 6.07) is 31.4. The number of nitrogens with one attached hydrogen (secondary N) is 1. The maximum Gasteiger partial charge on any atom is 0.261 e. The van der Waals surface area contributed by atoms with Crippen LogP contribution in [0.5, 0.6) is 5.75 Å². The molecule has 5 aromatic rings. The number of rotatable bonds is 8. The monoisotopic (exact) mass is 510 g/mol. The zero-order valence-corrected chi connectivity index (χ0v) is 21.0. The van der Waals surface area contributed by atoms with Crippen molar-refractivity contribution >= 4 is 21.7 Å². The van der Waals surface area contributed by atoms with Crippen LogP contribution in [0.1, 0.15) is 5.56 Å². The number of sulfonamides is 1. The first-order chi connectivity index (χ1) is 17.9. The van der Waals surface area contributed by atoms with Crippen LogP contribution < -0.4 is 15.2 Å². The standard InChI is InChI=1S/C29H26N4O3S/c1-36-28-13-6-5-10-24(28)19-33-20-27(31-29(33)30)23-11-7-12-25(18-23)32-37(34,35)26-16-14-22(15-17-26)21-8-3-2-4-9-21/h2-18,20,32H,19H2,1H3,(H2,30,31). The second-order valence-electron chi connectivity index (χ2n) is 8.50. The molecule has 0 atom stereocenters. The lowest BCUT2D eigenvalue weighted by molar-refractivity contribution is 0.408. The highest BCUT2D eigenvalue weighted by atomic mass is 32.2. The van der Waals surface area contributed by atoms with Gasteiger partial charge in [0.15, 0.2) is 0 Å². The topological polar surface area (TPSA) is 99.2 Å². The van der Waals surface area contributed by atoms with Crippen LogP contribution in [0, 0.1) is 0 Å². The molecule has 4 aromatic carbocycles. The van der Waals surface area contributed by atoms with Crippen molar-refractivity contribution in [2.24, 2.45) is 0 Å². The van der Waals surface area contributed by atoms with Crippen LogP contribution >= 0.6 is 0 Å². The van der Waals surface area contributed by atoms with Crippen LogP contribution in [0.4, 0.5) is 11.6 Å². The maximum absolute atomic E-state index is 13.1. The fourth-order valence-electron chi connectivity index (χ4n) is 4.13. The van der Waals surface area contributed by atoms with E-state index in [1.807, 2.05) is 71.4 Å². The van der Waals surface area contributed by atoms with E-state index in [0.29, 0.717) is 23.9 Å². The van der Waals surface area contributed by atoms with Crippen molar-refractivity contribution in [3.05, 3.63) is 115 Å². The van der Waals surface area contributed by atoms with Gasteiger partial charge in [0.05, 0.1) is 24.2 Å². The van der Waals surface area contributed by atoms with Gasteiger partial charge in [0.25, 0.3) is 10.0 Å². The van der Waals surface area contributed by atoms with Crippen LogP contribution in [-0.2, 0) is 16.6 Å². The summed E-state index contributed by atoms with van der Waals surface area (Å²) in [5.74, 6) is 1.12. The van der Waals surface area contributed by atoms with Gasteiger partial charge in [-0.1, -0.05) is 72.8 Å². The van der Waals surface area contributed by atoms with Gasteiger partial charge in [-0.05, 0) is 41.5 Å². The summed E-state index contributed by atoms with van der Waals surface area (Å²) in [5, 5.41) is 0. The first kappa shape index (κ1) is 24.1. The first-order valence-electron chi connectivity index (χ1n) is 11.7. The second-order valence-corrected chi connectivity index (χ2v) is 10.2. The summed E-state index contributed by atoms with van der Waals surface area (Å²) in [7, 11) is -2.15. The first-order valence-corrected chi connectivity index (χ1v) is 13.1. The van der Waals surface area contributed by atoms with E-state index in [-0.39, 0.29) is 4.90 Å². The number of imidazole rings is 1. The number of hydrogen-bond donors (Lipinski definition) is 2. The third-order valence-corrected chi connectivity index (χ3v) is 7.42. The summed E-state index contributed by atoms with van der Waals surface area (Å²) in [6.07, 6.45) is 1.84. The van der Waals surface area contributed by atoms with Crippen molar-refractivity contribution in [2.75, 3.05) is 17.6 Å². The minimum Gasteiger partial charge on any atom is -0.496 e. The molecule has 0 saturated heterocycles. The number of nitrogens with two attached hydrogens (primary N) is 1. The van der Waals surface area contributed by atoms with Crippen LogP contribution in [-0.4, -0.2) is 25.1 Å². The lowest BCUT2D eigenvalue weighted by atomic mass is 10.1. The Morgan fingerprint density at radius 1 is 0.838 bits per heavy atom. The van der Waals surface area contributed by atoms with E-state index in [2.05, 4.69) is 9.71 Å². The number of aromatic nitrogens is 2.